The Kier molecular flexibility index (Phi) is 4.47. The van der Waals surface area contributed by atoms with E-state index < -0.39 is 5.97 Å². The standard InChI is InChI=1S/C15H18N2O4/c1-10-4-3-7-17(9-10)15(20)16-13-8-11(21-2)5-6-12(13)14(18)19/h4-6,8H,3,7,9H2,1-2H3,(H,16,20)(H,18,19). The zero-order valence-corrected chi connectivity index (χ0v) is 12.0. The van der Waals surface area contributed by atoms with E-state index in [9.17, 15) is 14.7 Å². The summed E-state index contributed by atoms with van der Waals surface area (Å²) >= 11 is 0. The van der Waals surface area contributed by atoms with E-state index in [1.54, 1.807) is 11.0 Å². The van der Waals surface area contributed by atoms with Gasteiger partial charge < -0.3 is 20.1 Å². The normalized spacial score (nSPS) is 14.4. The van der Waals surface area contributed by atoms with Crippen molar-refractivity contribution in [2.24, 2.45) is 0 Å². The van der Waals surface area contributed by atoms with Gasteiger partial charge in [-0.1, -0.05) is 11.6 Å². The highest BCUT2D eigenvalue weighted by atomic mass is 16.5. The van der Waals surface area contributed by atoms with Crippen LogP contribution in [0.1, 0.15) is 23.7 Å². The van der Waals surface area contributed by atoms with Gasteiger partial charge in [0.1, 0.15) is 5.75 Å². The van der Waals surface area contributed by atoms with Gasteiger partial charge in [0.2, 0.25) is 0 Å². The Balaban J connectivity index is 2.19. The first kappa shape index (κ1) is 14.9. The Bertz CT molecular complexity index is 595. The predicted octanol–water partition coefficient (Wildman–Crippen LogP) is 2.58. The van der Waals surface area contributed by atoms with E-state index >= 15 is 0 Å². The number of nitrogens with one attached hydrogen (secondary N) is 1. The van der Waals surface area contributed by atoms with Crippen LogP contribution >= 0.6 is 0 Å². The highest BCUT2D eigenvalue weighted by Gasteiger charge is 2.19. The van der Waals surface area contributed by atoms with Crippen molar-refractivity contribution in [1.82, 2.24) is 4.90 Å². The molecule has 1 aromatic rings. The summed E-state index contributed by atoms with van der Waals surface area (Å²) in [7, 11) is 1.49. The molecule has 0 fully saturated rings. The lowest BCUT2D eigenvalue weighted by atomic mass is 10.1. The Labute approximate surface area is 123 Å². The third-order valence-electron chi connectivity index (χ3n) is 3.32. The second kappa shape index (κ2) is 6.30. The van der Waals surface area contributed by atoms with Gasteiger partial charge in [0.15, 0.2) is 0 Å². The molecule has 0 saturated heterocycles. The maximum atomic E-state index is 12.2. The molecule has 0 saturated carbocycles. The summed E-state index contributed by atoms with van der Waals surface area (Å²) < 4.78 is 5.07. The van der Waals surface area contributed by atoms with Gasteiger partial charge in [-0.15, -0.1) is 0 Å². The summed E-state index contributed by atoms with van der Waals surface area (Å²) in [6, 6.07) is 4.16. The number of aromatic carboxylic acids is 1. The Hall–Kier alpha value is -2.50. The SMILES string of the molecule is COc1ccc(C(=O)O)c(NC(=O)N2CCC=C(C)C2)c1. The van der Waals surface area contributed by atoms with Crippen LogP contribution in [-0.4, -0.2) is 42.2 Å². The van der Waals surface area contributed by atoms with Crippen molar-refractivity contribution in [2.75, 3.05) is 25.5 Å². The van der Waals surface area contributed by atoms with Gasteiger partial charge in [-0.3, -0.25) is 0 Å². The van der Waals surface area contributed by atoms with Crippen molar-refractivity contribution < 1.29 is 19.4 Å². The molecule has 0 radical (unpaired) electrons. The maximum absolute atomic E-state index is 12.2. The Morgan fingerprint density at radius 1 is 1.38 bits per heavy atom. The number of carboxylic acid groups (broad SMARTS) is 1. The summed E-state index contributed by atoms with van der Waals surface area (Å²) in [5.41, 5.74) is 1.40. The van der Waals surface area contributed by atoms with Crippen LogP contribution < -0.4 is 10.1 Å². The Morgan fingerprint density at radius 2 is 2.14 bits per heavy atom. The van der Waals surface area contributed by atoms with E-state index in [1.807, 2.05) is 6.92 Å². The number of carbonyl (C=O) groups is 2. The monoisotopic (exact) mass is 290 g/mol. The van der Waals surface area contributed by atoms with Crippen LogP contribution in [0.25, 0.3) is 0 Å². The second-order valence-electron chi connectivity index (χ2n) is 4.91. The molecule has 6 nitrogen and oxygen atoms in total. The van der Waals surface area contributed by atoms with Crippen LogP contribution in [-0.2, 0) is 0 Å². The van der Waals surface area contributed by atoms with Crippen molar-refractivity contribution >= 4 is 17.7 Å². The fraction of sp³-hybridized carbons (Fsp3) is 0.333. The second-order valence-corrected chi connectivity index (χ2v) is 4.91. The average Bonchev–Trinajstić information content (AvgIpc) is 2.46. The molecule has 6 heteroatoms. The molecule has 1 aromatic carbocycles. The number of hydrogen-bond acceptors (Lipinski definition) is 3. The number of hydrogen-bond donors (Lipinski definition) is 2. The van der Waals surface area contributed by atoms with Gasteiger partial charge in [0.05, 0.1) is 18.4 Å². The lowest BCUT2D eigenvalue weighted by molar-refractivity contribution is 0.0698. The number of methoxy groups -OCH3 is 1. The molecule has 21 heavy (non-hydrogen) atoms. The number of nitrogens with zero attached hydrogens (tertiary/aromatic N) is 1. The molecule has 112 valence electrons. The van der Waals surface area contributed by atoms with Crippen molar-refractivity contribution in [1.29, 1.82) is 0 Å². The molecule has 0 aliphatic carbocycles. The van der Waals surface area contributed by atoms with Gasteiger partial charge in [0.25, 0.3) is 0 Å². The van der Waals surface area contributed by atoms with Crippen LogP contribution in [0.15, 0.2) is 29.8 Å². The van der Waals surface area contributed by atoms with E-state index in [4.69, 9.17) is 4.74 Å². The molecule has 0 spiro atoms. The van der Waals surface area contributed by atoms with Crippen molar-refractivity contribution in [3.05, 3.63) is 35.4 Å². The van der Waals surface area contributed by atoms with Crippen LogP contribution in [0.2, 0.25) is 0 Å². The summed E-state index contributed by atoms with van der Waals surface area (Å²) in [6.45, 7) is 3.14. The smallest absolute Gasteiger partial charge is 0.337 e. The number of ether oxygens (including phenoxy) is 1. The summed E-state index contributed by atoms with van der Waals surface area (Å²) in [4.78, 5) is 25.1. The highest BCUT2D eigenvalue weighted by molar-refractivity contribution is 6.00. The average molecular weight is 290 g/mol. The van der Waals surface area contributed by atoms with Crippen LogP contribution in [0.5, 0.6) is 5.75 Å². The third kappa shape index (κ3) is 3.53. The van der Waals surface area contributed by atoms with Gasteiger partial charge in [0, 0.05) is 19.2 Å². The van der Waals surface area contributed by atoms with E-state index in [0.717, 1.165) is 12.0 Å². The predicted molar refractivity (Wildman–Crippen MR) is 78.9 cm³/mol. The number of rotatable bonds is 3. The number of carbonyl (C=O) groups excluding carboxylic acids is 1. The third-order valence-corrected chi connectivity index (χ3v) is 3.32. The van der Waals surface area contributed by atoms with E-state index in [2.05, 4.69) is 11.4 Å². The summed E-state index contributed by atoms with van der Waals surface area (Å²) in [5, 5.41) is 11.8. The summed E-state index contributed by atoms with van der Waals surface area (Å²) in [5.74, 6) is -0.604. The van der Waals surface area contributed by atoms with Gasteiger partial charge in [-0.05, 0) is 25.5 Å². The minimum atomic E-state index is -1.09. The number of benzene rings is 1. The molecule has 0 aromatic heterocycles. The topological polar surface area (TPSA) is 78.9 Å². The van der Waals surface area contributed by atoms with Crippen LogP contribution in [0.4, 0.5) is 10.5 Å². The first-order valence-electron chi connectivity index (χ1n) is 6.64. The molecule has 2 rings (SSSR count). The van der Waals surface area contributed by atoms with Gasteiger partial charge in [-0.25, -0.2) is 9.59 Å². The molecule has 2 amide bonds. The molecule has 0 unspecified atom stereocenters. The molecule has 0 bridgehead atoms. The van der Waals surface area contributed by atoms with Crippen molar-refractivity contribution in [3.63, 3.8) is 0 Å². The zero-order chi connectivity index (χ0) is 15.4. The molecule has 1 heterocycles. The lowest BCUT2D eigenvalue weighted by Crippen LogP contribution is -2.38. The number of amides is 2. The van der Waals surface area contributed by atoms with Gasteiger partial charge >= 0.3 is 12.0 Å². The molecular formula is C15H18N2O4. The van der Waals surface area contributed by atoms with Crippen molar-refractivity contribution in [3.8, 4) is 5.75 Å². The largest absolute Gasteiger partial charge is 0.497 e. The quantitative estimate of drug-likeness (QED) is 0.839. The zero-order valence-electron chi connectivity index (χ0n) is 12.0. The lowest BCUT2D eigenvalue weighted by Gasteiger charge is -2.26. The molecule has 1 aliphatic rings. The molecule has 2 N–H and O–H groups in total. The number of anilines is 1. The maximum Gasteiger partial charge on any atom is 0.337 e. The number of carboxylic acids is 1. The molecule has 0 atom stereocenters. The molecular weight excluding hydrogens is 272 g/mol. The van der Waals surface area contributed by atoms with E-state index in [-0.39, 0.29) is 17.3 Å². The molecule has 1 aliphatic heterocycles. The Morgan fingerprint density at radius 3 is 2.76 bits per heavy atom. The summed E-state index contributed by atoms with van der Waals surface area (Å²) in [6.07, 6.45) is 2.90. The van der Waals surface area contributed by atoms with E-state index in [0.29, 0.717) is 18.8 Å². The fourth-order valence-electron chi connectivity index (χ4n) is 2.22. The van der Waals surface area contributed by atoms with Crippen LogP contribution in [0, 0.1) is 0 Å². The first-order valence-corrected chi connectivity index (χ1v) is 6.64. The minimum Gasteiger partial charge on any atom is -0.497 e. The fourth-order valence-corrected chi connectivity index (χ4v) is 2.22. The minimum absolute atomic E-state index is 0.0356. The van der Waals surface area contributed by atoms with Crippen molar-refractivity contribution in [2.45, 2.75) is 13.3 Å². The van der Waals surface area contributed by atoms with Crippen LogP contribution in [0.3, 0.4) is 0 Å². The number of urea groups is 1. The highest BCUT2D eigenvalue weighted by Crippen LogP contribution is 2.23. The van der Waals surface area contributed by atoms with Gasteiger partial charge in [-0.2, -0.15) is 0 Å². The van der Waals surface area contributed by atoms with E-state index in [1.165, 1.54) is 19.2 Å². The first-order chi connectivity index (χ1) is 10.0.